The molecule has 1 heterocycles. The Balaban J connectivity index is 1.45. The molecule has 0 radical (unpaired) electrons. The molecule has 0 saturated heterocycles. The molecule has 2 aromatic carbocycles. The minimum atomic E-state index is -0.206. The zero-order chi connectivity index (χ0) is 20.0. The molecule has 146 valence electrons. The van der Waals surface area contributed by atoms with Crippen molar-refractivity contribution in [3.05, 3.63) is 78.1 Å². The summed E-state index contributed by atoms with van der Waals surface area (Å²) in [7, 11) is 0. The SMILES string of the molecule is CC(C)(C)c1ccc(OCC(=O)Nc2cnn(CCc3ccccc3)c2)cc1. The highest BCUT2D eigenvalue weighted by Crippen LogP contribution is 2.24. The summed E-state index contributed by atoms with van der Waals surface area (Å²) >= 11 is 0. The van der Waals surface area contributed by atoms with E-state index in [-0.39, 0.29) is 17.9 Å². The van der Waals surface area contributed by atoms with Gasteiger partial charge in [-0.2, -0.15) is 5.10 Å². The van der Waals surface area contributed by atoms with Gasteiger partial charge in [-0.15, -0.1) is 0 Å². The quantitative estimate of drug-likeness (QED) is 0.662. The number of amides is 1. The lowest BCUT2D eigenvalue weighted by molar-refractivity contribution is -0.118. The average Bonchev–Trinajstić information content (AvgIpc) is 3.12. The fourth-order valence-electron chi connectivity index (χ4n) is 2.84. The maximum atomic E-state index is 12.1. The van der Waals surface area contributed by atoms with Gasteiger partial charge in [0.25, 0.3) is 5.91 Å². The normalized spacial score (nSPS) is 11.2. The van der Waals surface area contributed by atoms with E-state index in [2.05, 4.69) is 43.3 Å². The third kappa shape index (κ3) is 5.71. The fraction of sp³-hybridized carbons (Fsp3) is 0.304. The van der Waals surface area contributed by atoms with Crippen LogP contribution in [0, 0.1) is 0 Å². The first-order valence-corrected chi connectivity index (χ1v) is 9.50. The van der Waals surface area contributed by atoms with Crippen LogP contribution < -0.4 is 10.1 Å². The van der Waals surface area contributed by atoms with Crippen LogP contribution in [0.4, 0.5) is 5.69 Å². The van der Waals surface area contributed by atoms with E-state index >= 15 is 0 Å². The molecule has 0 fully saturated rings. The number of nitrogens with one attached hydrogen (secondary N) is 1. The minimum Gasteiger partial charge on any atom is -0.484 e. The molecule has 5 heteroatoms. The molecule has 0 aliphatic rings. The van der Waals surface area contributed by atoms with E-state index in [9.17, 15) is 4.79 Å². The maximum absolute atomic E-state index is 12.1. The Labute approximate surface area is 166 Å². The van der Waals surface area contributed by atoms with Gasteiger partial charge in [-0.25, -0.2) is 0 Å². The zero-order valence-electron chi connectivity index (χ0n) is 16.7. The van der Waals surface area contributed by atoms with Crippen molar-refractivity contribution in [2.24, 2.45) is 0 Å². The van der Waals surface area contributed by atoms with Gasteiger partial charge in [0.2, 0.25) is 0 Å². The van der Waals surface area contributed by atoms with Crippen molar-refractivity contribution in [1.29, 1.82) is 0 Å². The topological polar surface area (TPSA) is 56.1 Å². The summed E-state index contributed by atoms with van der Waals surface area (Å²) < 4.78 is 7.41. The van der Waals surface area contributed by atoms with Gasteiger partial charge in [0, 0.05) is 12.7 Å². The van der Waals surface area contributed by atoms with Crippen LogP contribution in [0.25, 0.3) is 0 Å². The van der Waals surface area contributed by atoms with E-state index in [1.807, 2.05) is 53.3 Å². The lowest BCUT2D eigenvalue weighted by atomic mass is 9.87. The highest BCUT2D eigenvalue weighted by atomic mass is 16.5. The summed E-state index contributed by atoms with van der Waals surface area (Å²) in [4.78, 5) is 12.1. The molecule has 0 bridgehead atoms. The van der Waals surface area contributed by atoms with Crippen molar-refractivity contribution in [3.63, 3.8) is 0 Å². The number of ether oxygens (including phenoxy) is 1. The van der Waals surface area contributed by atoms with Gasteiger partial charge in [-0.1, -0.05) is 63.2 Å². The molecule has 0 unspecified atom stereocenters. The third-order valence-electron chi connectivity index (χ3n) is 4.48. The number of aryl methyl sites for hydroxylation is 2. The number of nitrogens with zero attached hydrogens (tertiary/aromatic N) is 2. The fourth-order valence-corrected chi connectivity index (χ4v) is 2.84. The van der Waals surface area contributed by atoms with E-state index in [0.717, 1.165) is 13.0 Å². The van der Waals surface area contributed by atoms with Gasteiger partial charge >= 0.3 is 0 Å². The molecule has 1 aromatic heterocycles. The van der Waals surface area contributed by atoms with Crippen LogP contribution in [0.15, 0.2) is 67.0 Å². The second kappa shape index (κ2) is 8.74. The molecule has 0 spiro atoms. The Morgan fingerprint density at radius 2 is 1.79 bits per heavy atom. The number of hydrogen-bond donors (Lipinski definition) is 1. The summed E-state index contributed by atoms with van der Waals surface area (Å²) in [6.45, 7) is 7.21. The van der Waals surface area contributed by atoms with Crippen molar-refractivity contribution in [2.75, 3.05) is 11.9 Å². The molecule has 1 N–H and O–H groups in total. The average molecular weight is 377 g/mol. The van der Waals surface area contributed by atoms with Crippen molar-refractivity contribution in [3.8, 4) is 5.75 Å². The Morgan fingerprint density at radius 3 is 2.46 bits per heavy atom. The third-order valence-corrected chi connectivity index (χ3v) is 4.48. The van der Waals surface area contributed by atoms with Crippen molar-refractivity contribution < 1.29 is 9.53 Å². The van der Waals surface area contributed by atoms with E-state index in [0.29, 0.717) is 11.4 Å². The van der Waals surface area contributed by atoms with Gasteiger partial charge < -0.3 is 10.1 Å². The number of carbonyl (C=O) groups is 1. The first-order chi connectivity index (χ1) is 13.4. The minimum absolute atomic E-state index is 0.0376. The second-order valence-electron chi connectivity index (χ2n) is 7.84. The largest absolute Gasteiger partial charge is 0.484 e. The first-order valence-electron chi connectivity index (χ1n) is 9.50. The molecule has 0 aliphatic carbocycles. The number of hydrogen-bond acceptors (Lipinski definition) is 3. The molecule has 28 heavy (non-hydrogen) atoms. The summed E-state index contributed by atoms with van der Waals surface area (Å²) in [5, 5.41) is 7.12. The van der Waals surface area contributed by atoms with E-state index < -0.39 is 0 Å². The molecular weight excluding hydrogens is 350 g/mol. The molecule has 3 rings (SSSR count). The van der Waals surface area contributed by atoms with Crippen LogP contribution in [0.3, 0.4) is 0 Å². The highest BCUT2D eigenvalue weighted by molar-refractivity contribution is 5.91. The predicted octanol–water partition coefficient (Wildman–Crippen LogP) is 4.44. The number of aromatic nitrogens is 2. The summed E-state index contributed by atoms with van der Waals surface area (Å²) in [5.41, 5.74) is 3.25. The van der Waals surface area contributed by atoms with Gasteiger partial charge in [0.15, 0.2) is 6.61 Å². The Morgan fingerprint density at radius 1 is 1.07 bits per heavy atom. The van der Waals surface area contributed by atoms with Crippen LogP contribution in [0.5, 0.6) is 5.75 Å². The van der Waals surface area contributed by atoms with Gasteiger partial charge in [0.1, 0.15) is 5.75 Å². The van der Waals surface area contributed by atoms with Crippen LogP contribution in [-0.4, -0.2) is 22.3 Å². The number of benzene rings is 2. The molecule has 5 nitrogen and oxygen atoms in total. The number of carbonyl (C=O) groups excluding carboxylic acids is 1. The van der Waals surface area contributed by atoms with E-state index in [4.69, 9.17) is 4.74 Å². The summed E-state index contributed by atoms with van der Waals surface area (Å²) in [5.74, 6) is 0.476. The Bertz CT molecular complexity index is 894. The molecular formula is C23H27N3O2. The van der Waals surface area contributed by atoms with Crippen molar-refractivity contribution in [2.45, 2.75) is 39.2 Å². The first kappa shape index (κ1) is 19.7. The van der Waals surface area contributed by atoms with Crippen LogP contribution >= 0.6 is 0 Å². The number of rotatable bonds is 7. The van der Waals surface area contributed by atoms with Crippen LogP contribution in [-0.2, 0) is 23.2 Å². The van der Waals surface area contributed by atoms with Crippen molar-refractivity contribution >= 4 is 11.6 Å². The standard InChI is InChI=1S/C23H27N3O2/c1-23(2,3)19-9-11-21(12-10-19)28-17-22(27)25-20-15-24-26(16-20)14-13-18-7-5-4-6-8-18/h4-12,15-16H,13-14,17H2,1-3H3,(H,25,27). The van der Waals surface area contributed by atoms with Crippen LogP contribution in [0.2, 0.25) is 0 Å². The smallest absolute Gasteiger partial charge is 0.262 e. The molecule has 1 amide bonds. The van der Waals surface area contributed by atoms with Gasteiger partial charge in [0.05, 0.1) is 11.9 Å². The molecule has 0 atom stereocenters. The molecule has 3 aromatic rings. The monoisotopic (exact) mass is 377 g/mol. The Hall–Kier alpha value is -3.08. The van der Waals surface area contributed by atoms with Crippen LogP contribution in [0.1, 0.15) is 31.9 Å². The van der Waals surface area contributed by atoms with E-state index in [1.165, 1.54) is 11.1 Å². The summed E-state index contributed by atoms with van der Waals surface area (Å²) in [6.07, 6.45) is 4.38. The molecule has 0 aliphatic heterocycles. The lowest BCUT2D eigenvalue weighted by Crippen LogP contribution is -2.20. The predicted molar refractivity (Wildman–Crippen MR) is 112 cm³/mol. The number of anilines is 1. The lowest BCUT2D eigenvalue weighted by Gasteiger charge is -2.19. The highest BCUT2D eigenvalue weighted by Gasteiger charge is 2.13. The van der Waals surface area contributed by atoms with Gasteiger partial charge in [-0.3, -0.25) is 9.48 Å². The summed E-state index contributed by atoms with van der Waals surface area (Å²) in [6, 6.07) is 18.1. The Kier molecular flexibility index (Phi) is 6.14. The van der Waals surface area contributed by atoms with Crippen molar-refractivity contribution in [1.82, 2.24) is 9.78 Å². The van der Waals surface area contributed by atoms with E-state index in [1.54, 1.807) is 6.20 Å². The second-order valence-corrected chi connectivity index (χ2v) is 7.84. The van der Waals surface area contributed by atoms with Gasteiger partial charge in [-0.05, 0) is 35.1 Å². The zero-order valence-corrected chi connectivity index (χ0v) is 16.7. The molecule has 0 saturated carbocycles. The maximum Gasteiger partial charge on any atom is 0.262 e.